The third kappa shape index (κ3) is 2.37. The van der Waals surface area contributed by atoms with E-state index in [-0.39, 0.29) is 5.56 Å². The third-order valence-electron chi connectivity index (χ3n) is 3.75. The van der Waals surface area contributed by atoms with Crippen molar-refractivity contribution in [3.05, 3.63) is 70.4 Å². The molecule has 0 unspecified atom stereocenters. The highest BCUT2D eigenvalue weighted by Gasteiger charge is 2.18. The molecule has 0 amide bonds. The van der Waals surface area contributed by atoms with Crippen LogP contribution < -0.4 is 5.56 Å². The predicted molar refractivity (Wildman–Crippen MR) is 91.9 cm³/mol. The topological polar surface area (TPSA) is 65.1 Å². The number of nitrogens with zero attached hydrogens (tertiary/aromatic N) is 5. The summed E-state index contributed by atoms with van der Waals surface area (Å²) < 4.78 is 3.04. The van der Waals surface area contributed by atoms with Gasteiger partial charge in [-0.2, -0.15) is 10.2 Å². The summed E-state index contributed by atoms with van der Waals surface area (Å²) in [6, 6.07) is 10.7. The van der Waals surface area contributed by atoms with Crippen LogP contribution in [-0.2, 0) is 7.05 Å². The van der Waals surface area contributed by atoms with E-state index in [0.29, 0.717) is 10.7 Å². The Kier molecular flexibility index (Phi) is 3.39. The van der Waals surface area contributed by atoms with E-state index in [0.717, 1.165) is 22.3 Å². The van der Waals surface area contributed by atoms with Crippen LogP contribution in [-0.4, -0.2) is 24.4 Å². The minimum Gasteiger partial charge on any atom is -0.268 e. The number of hydrogen-bond donors (Lipinski definition) is 0. The van der Waals surface area contributed by atoms with Crippen molar-refractivity contribution in [3.8, 4) is 22.5 Å². The molecular formula is C17H12ClN5O. The highest BCUT2D eigenvalue weighted by atomic mass is 35.5. The van der Waals surface area contributed by atoms with Crippen molar-refractivity contribution < 1.29 is 0 Å². The van der Waals surface area contributed by atoms with Crippen molar-refractivity contribution in [2.45, 2.75) is 0 Å². The van der Waals surface area contributed by atoms with Gasteiger partial charge in [-0.15, -0.1) is 0 Å². The van der Waals surface area contributed by atoms with Crippen LogP contribution in [0.2, 0.25) is 5.02 Å². The first-order chi connectivity index (χ1) is 11.6. The zero-order valence-electron chi connectivity index (χ0n) is 12.7. The fraction of sp³-hybridized carbons (Fsp3) is 0.0588. The molecule has 24 heavy (non-hydrogen) atoms. The second-order valence-electron chi connectivity index (χ2n) is 5.32. The van der Waals surface area contributed by atoms with E-state index >= 15 is 0 Å². The Morgan fingerprint density at radius 1 is 1.12 bits per heavy atom. The minimum atomic E-state index is -0.169. The molecule has 0 atom stereocenters. The average molecular weight is 338 g/mol. The third-order valence-corrected chi connectivity index (χ3v) is 3.99. The van der Waals surface area contributed by atoms with Crippen LogP contribution in [0.1, 0.15) is 0 Å². The van der Waals surface area contributed by atoms with Gasteiger partial charge in [-0.25, -0.2) is 9.20 Å². The number of rotatable bonds is 2. The van der Waals surface area contributed by atoms with Crippen molar-refractivity contribution in [1.82, 2.24) is 24.4 Å². The zero-order valence-corrected chi connectivity index (χ0v) is 13.5. The summed E-state index contributed by atoms with van der Waals surface area (Å²) in [6.07, 6.45) is 5.16. The fourth-order valence-electron chi connectivity index (χ4n) is 2.63. The first-order valence-electron chi connectivity index (χ1n) is 7.26. The molecule has 3 aromatic heterocycles. The van der Waals surface area contributed by atoms with Gasteiger partial charge in [-0.05, 0) is 18.2 Å². The predicted octanol–water partition coefficient (Wildman–Crippen LogP) is 2.81. The Labute approximate surface area is 142 Å². The van der Waals surface area contributed by atoms with Gasteiger partial charge in [0.2, 0.25) is 0 Å². The van der Waals surface area contributed by atoms with E-state index in [1.165, 1.54) is 10.7 Å². The lowest BCUT2D eigenvalue weighted by Crippen LogP contribution is -2.18. The summed E-state index contributed by atoms with van der Waals surface area (Å²) in [7, 11) is 1.62. The van der Waals surface area contributed by atoms with Crippen molar-refractivity contribution in [3.63, 3.8) is 0 Å². The summed E-state index contributed by atoms with van der Waals surface area (Å²) in [5.41, 5.74) is 3.70. The van der Waals surface area contributed by atoms with Crippen molar-refractivity contribution in [1.29, 1.82) is 0 Å². The Balaban J connectivity index is 2.07. The number of hydrogen-bond acceptors (Lipinski definition) is 4. The normalized spacial score (nSPS) is 11.1. The van der Waals surface area contributed by atoms with Crippen molar-refractivity contribution in [2.75, 3.05) is 0 Å². The number of aryl methyl sites for hydroxylation is 1. The van der Waals surface area contributed by atoms with Gasteiger partial charge in [-0.1, -0.05) is 23.7 Å². The maximum absolute atomic E-state index is 11.7. The summed E-state index contributed by atoms with van der Waals surface area (Å²) >= 11 is 6.13. The van der Waals surface area contributed by atoms with Crippen molar-refractivity contribution >= 4 is 17.1 Å². The van der Waals surface area contributed by atoms with Gasteiger partial charge in [0, 0.05) is 36.1 Å². The molecule has 0 aliphatic carbocycles. The second kappa shape index (κ2) is 5.58. The highest BCUT2D eigenvalue weighted by molar-refractivity contribution is 6.30. The lowest BCUT2D eigenvalue weighted by atomic mass is 10.0. The van der Waals surface area contributed by atoms with E-state index in [9.17, 15) is 4.79 Å². The van der Waals surface area contributed by atoms with Crippen LogP contribution >= 0.6 is 11.6 Å². The zero-order chi connectivity index (χ0) is 16.7. The Bertz CT molecular complexity index is 1120. The molecule has 4 rings (SSSR count). The van der Waals surface area contributed by atoms with Gasteiger partial charge in [-0.3, -0.25) is 9.78 Å². The smallest absolute Gasteiger partial charge is 0.266 e. The number of halogens is 1. The first kappa shape index (κ1) is 14.6. The van der Waals surface area contributed by atoms with Gasteiger partial charge < -0.3 is 0 Å². The molecular weight excluding hydrogens is 326 g/mol. The summed E-state index contributed by atoms with van der Waals surface area (Å²) in [5, 5.41) is 9.63. The number of fused-ring (bicyclic) bond motifs is 1. The first-order valence-corrected chi connectivity index (χ1v) is 7.64. The van der Waals surface area contributed by atoms with E-state index in [2.05, 4.69) is 15.2 Å². The van der Waals surface area contributed by atoms with E-state index in [1.807, 2.05) is 24.3 Å². The van der Waals surface area contributed by atoms with E-state index in [1.54, 1.807) is 36.2 Å². The molecule has 4 aromatic rings. The fourth-order valence-corrected chi connectivity index (χ4v) is 2.82. The molecule has 0 spiro atoms. The van der Waals surface area contributed by atoms with Crippen LogP contribution in [0.3, 0.4) is 0 Å². The maximum atomic E-state index is 11.7. The molecule has 0 bridgehead atoms. The van der Waals surface area contributed by atoms with Crippen LogP contribution in [0.4, 0.5) is 0 Å². The summed E-state index contributed by atoms with van der Waals surface area (Å²) in [4.78, 5) is 15.8. The quantitative estimate of drug-likeness (QED) is 0.564. The summed E-state index contributed by atoms with van der Waals surface area (Å²) in [6.45, 7) is 0. The largest absolute Gasteiger partial charge is 0.268 e. The lowest BCUT2D eigenvalue weighted by Gasteiger charge is -2.05. The van der Waals surface area contributed by atoms with Crippen LogP contribution in [0.25, 0.3) is 28.0 Å². The van der Waals surface area contributed by atoms with Crippen LogP contribution in [0, 0.1) is 0 Å². The molecule has 3 heterocycles. The number of benzene rings is 1. The molecule has 0 aliphatic heterocycles. The minimum absolute atomic E-state index is 0.169. The molecule has 6 nitrogen and oxygen atoms in total. The molecule has 1 aromatic carbocycles. The van der Waals surface area contributed by atoms with Crippen molar-refractivity contribution in [2.24, 2.45) is 7.05 Å². The second-order valence-corrected chi connectivity index (χ2v) is 5.76. The van der Waals surface area contributed by atoms with Gasteiger partial charge in [0.1, 0.15) is 5.69 Å². The molecule has 0 fully saturated rings. The lowest BCUT2D eigenvalue weighted by molar-refractivity contribution is 0.712. The average Bonchev–Trinajstić information content (AvgIpc) is 2.97. The Hall–Kier alpha value is -2.99. The molecule has 118 valence electrons. The highest BCUT2D eigenvalue weighted by Crippen LogP contribution is 2.34. The molecule has 0 N–H and O–H groups in total. The molecule has 0 radical (unpaired) electrons. The molecule has 0 saturated carbocycles. The maximum Gasteiger partial charge on any atom is 0.266 e. The Morgan fingerprint density at radius 3 is 2.79 bits per heavy atom. The molecule has 7 heteroatoms. The van der Waals surface area contributed by atoms with Crippen LogP contribution in [0.5, 0.6) is 0 Å². The van der Waals surface area contributed by atoms with Gasteiger partial charge in [0.05, 0.1) is 23.0 Å². The van der Waals surface area contributed by atoms with E-state index < -0.39 is 0 Å². The van der Waals surface area contributed by atoms with Gasteiger partial charge >= 0.3 is 0 Å². The van der Waals surface area contributed by atoms with Gasteiger partial charge in [0.25, 0.3) is 5.56 Å². The number of aromatic nitrogens is 5. The Morgan fingerprint density at radius 2 is 2.00 bits per heavy atom. The van der Waals surface area contributed by atoms with E-state index in [4.69, 9.17) is 11.6 Å². The molecule has 0 aliphatic rings. The van der Waals surface area contributed by atoms with Crippen LogP contribution in [0.15, 0.2) is 59.8 Å². The van der Waals surface area contributed by atoms with Gasteiger partial charge in [0.15, 0.2) is 0 Å². The standard InChI is InChI=1S/C17H12ClN5O/c1-22-15(24)6-5-13(20-22)16-14-10-19-7-8-23(14)21-17(16)11-3-2-4-12(18)9-11/h2-10H,1H3. The monoisotopic (exact) mass is 337 g/mol. The SMILES string of the molecule is Cn1nc(-c2c(-c3cccc(Cl)c3)nn3ccncc23)ccc1=O. The summed E-state index contributed by atoms with van der Waals surface area (Å²) in [5.74, 6) is 0. The molecule has 0 saturated heterocycles.